The molecule has 3 aromatic rings. The number of ether oxygens (including phenoxy) is 1. The summed E-state index contributed by atoms with van der Waals surface area (Å²) in [5.74, 6) is 0.320. The molecule has 0 fully saturated rings. The summed E-state index contributed by atoms with van der Waals surface area (Å²) < 4.78 is 6.33. The molecule has 0 saturated carbocycles. The number of hydrogen-bond donors (Lipinski definition) is 0. The summed E-state index contributed by atoms with van der Waals surface area (Å²) in [5, 5.41) is 0.665. The number of hydrogen-bond acceptors (Lipinski definition) is 6. The number of thiophene rings is 1. The van der Waals surface area contributed by atoms with E-state index in [1.165, 1.54) is 18.4 Å². The van der Waals surface area contributed by atoms with Crippen LogP contribution in [0.2, 0.25) is 0 Å². The van der Waals surface area contributed by atoms with Gasteiger partial charge in [-0.3, -0.25) is 19.1 Å². The highest BCUT2D eigenvalue weighted by molar-refractivity contribution is 7.18. The van der Waals surface area contributed by atoms with E-state index in [2.05, 4.69) is 9.72 Å². The quantitative estimate of drug-likeness (QED) is 0.656. The molecule has 0 atom stereocenters. The Morgan fingerprint density at radius 1 is 1.28 bits per heavy atom. The monoisotopic (exact) mass is 357 g/mol. The second kappa shape index (κ2) is 7.14. The molecule has 25 heavy (non-hydrogen) atoms. The molecule has 0 aliphatic rings. The predicted octanol–water partition coefficient (Wildman–Crippen LogP) is 3.09. The van der Waals surface area contributed by atoms with Crippen LogP contribution in [0, 0.1) is 13.8 Å². The normalized spacial score (nSPS) is 11.0. The van der Waals surface area contributed by atoms with Gasteiger partial charge in [0.05, 0.1) is 12.5 Å². The van der Waals surface area contributed by atoms with E-state index in [9.17, 15) is 9.59 Å². The first-order chi connectivity index (χ1) is 12.0. The predicted molar refractivity (Wildman–Crippen MR) is 97.8 cm³/mol. The standard InChI is InChI=1S/C18H19N3O3S/c1-11-12(2)25-17-15(11)18(23)21(10-4-5-14(22)24-3)16(20-17)13-6-8-19-9-7-13/h6-9H,4-5,10H2,1-3H3. The van der Waals surface area contributed by atoms with Crippen molar-refractivity contribution in [2.45, 2.75) is 33.2 Å². The molecule has 3 rings (SSSR count). The van der Waals surface area contributed by atoms with Gasteiger partial charge < -0.3 is 4.74 Å². The SMILES string of the molecule is COC(=O)CCCn1c(-c2ccncc2)nc2sc(C)c(C)c2c1=O. The largest absolute Gasteiger partial charge is 0.469 e. The topological polar surface area (TPSA) is 74.1 Å². The number of carbonyl (C=O) groups excluding carboxylic acids is 1. The minimum absolute atomic E-state index is 0.0662. The van der Waals surface area contributed by atoms with Crippen molar-refractivity contribution in [1.82, 2.24) is 14.5 Å². The molecule has 0 amide bonds. The van der Waals surface area contributed by atoms with Crippen LogP contribution in [0.25, 0.3) is 21.6 Å². The van der Waals surface area contributed by atoms with Crippen LogP contribution in [-0.2, 0) is 16.1 Å². The van der Waals surface area contributed by atoms with Gasteiger partial charge in [0.1, 0.15) is 10.7 Å². The number of esters is 1. The van der Waals surface area contributed by atoms with Gasteiger partial charge in [-0.15, -0.1) is 11.3 Å². The summed E-state index contributed by atoms with van der Waals surface area (Å²) in [6, 6.07) is 3.66. The number of aromatic nitrogens is 3. The van der Waals surface area contributed by atoms with Crippen molar-refractivity contribution in [3.05, 3.63) is 45.3 Å². The van der Waals surface area contributed by atoms with E-state index >= 15 is 0 Å². The lowest BCUT2D eigenvalue weighted by molar-refractivity contribution is -0.140. The van der Waals surface area contributed by atoms with Crippen molar-refractivity contribution in [2.24, 2.45) is 0 Å². The molecule has 0 aromatic carbocycles. The zero-order valence-electron chi connectivity index (χ0n) is 14.4. The van der Waals surface area contributed by atoms with E-state index in [0.717, 1.165) is 20.8 Å². The number of carbonyl (C=O) groups is 1. The maximum atomic E-state index is 13.1. The van der Waals surface area contributed by atoms with E-state index in [1.54, 1.807) is 17.0 Å². The Kier molecular flexibility index (Phi) is 4.94. The van der Waals surface area contributed by atoms with E-state index in [-0.39, 0.29) is 17.9 Å². The summed E-state index contributed by atoms with van der Waals surface area (Å²) in [5.41, 5.74) is 1.74. The number of pyridine rings is 1. The second-order valence-corrected chi connectivity index (χ2v) is 6.97. The van der Waals surface area contributed by atoms with E-state index < -0.39 is 0 Å². The van der Waals surface area contributed by atoms with Crippen LogP contribution < -0.4 is 5.56 Å². The molecular weight excluding hydrogens is 338 g/mol. The van der Waals surface area contributed by atoms with E-state index in [0.29, 0.717) is 24.2 Å². The number of methoxy groups -OCH3 is 1. The Labute approximate surface area is 149 Å². The summed E-state index contributed by atoms with van der Waals surface area (Å²) in [6.45, 7) is 4.35. The molecular formula is C18H19N3O3S. The zero-order valence-corrected chi connectivity index (χ0v) is 15.2. The molecule has 3 heterocycles. The van der Waals surface area contributed by atoms with Crippen molar-refractivity contribution in [3.63, 3.8) is 0 Å². The van der Waals surface area contributed by atoms with Crippen molar-refractivity contribution in [1.29, 1.82) is 0 Å². The number of fused-ring (bicyclic) bond motifs is 1. The highest BCUT2D eigenvalue weighted by atomic mass is 32.1. The zero-order chi connectivity index (χ0) is 18.0. The maximum Gasteiger partial charge on any atom is 0.305 e. The van der Waals surface area contributed by atoms with Gasteiger partial charge in [-0.1, -0.05) is 0 Å². The molecule has 7 heteroatoms. The first-order valence-corrected chi connectivity index (χ1v) is 8.82. The summed E-state index contributed by atoms with van der Waals surface area (Å²) in [7, 11) is 1.36. The first kappa shape index (κ1) is 17.3. The molecule has 0 bridgehead atoms. The lowest BCUT2D eigenvalue weighted by Crippen LogP contribution is -2.24. The highest BCUT2D eigenvalue weighted by Gasteiger charge is 2.17. The maximum absolute atomic E-state index is 13.1. The van der Waals surface area contributed by atoms with Crippen molar-refractivity contribution < 1.29 is 9.53 Å². The third-order valence-corrected chi connectivity index (χ3v) is 5.32. The van der Waals surface area contributed by atoms with E-state index in [1.807, 2.05) is 26.0 Å². The van der Waals surface area contributed by atoms with Gasteiger partial charge in [0, 0.05) is 35.8 Å². The fraction of sp³-hybridized carbons (Fsp3) is 0.333. The third-order valence-electron chi connectivity index (χ3n) is 4.22. The fourth-order valence-corrected chi connectivity index (χ4v) is 3.76. The lowest BCUT2D eigenvalue weighted by atomic mass is 10.2. The molecule has 0 saturated heterocycles. The van der Waals surface area contributed by atoms with Crippen molar-refractivity contribution in [2.75, 3.05) is 7.11 Å². The van der Waals surface area contributed by atoms with Crippen molar-refractivity contribution in [3.8, 4) is 11.4 Å². The molecule has 6 nitrogen and oxygen atoms in total. The summed E-state index contributed by atoms with van der Waals surface area (Å²) in [6.07, 6.45) is 4.13. The molecule has 0 aliphatic heterocycles. The first-order valence-electron chi connectivity index (χ1n) is 8.00. The molecule has 0 spiro atoms. The molecule has 0 N–H and O–H groups in total. The Hall–Kier alpha value is -2.54. The molecule has 0 unspecified atom stereocenters. The van der Waals surface area contributed by atoms with Gasteiger partial charge >= 0.3 is 5.97 Å². The molecule has 0 aliphatic carbocycles. The minimum atomic E-state index is -0.282. The average molecular weight is 357 g/mol. The highest BCUT2D eigenvalue weighted by Crippen LogP contribution is 2.28. The number of rotatable bonds is 5. The Balaban J connectivity index is 2.13. The van der Waals surface area contributed by atoms with Crippen molar-refractivity contribution >= 4 is 27.5 Å². The van der Waals surface area contributed by atoms with Gasteiger partial charge in [-0.05, 0) is 38.0 Å². The van der Waals surface area contributed by atoms with Crippen LogP contribution in [0.3, 0.4) is 0 Å². The average Bonchev–Trinajstić information content (AvgIpc) is 2.91. The van der Waals surface area contributed by atoms with Gasteiger partial charge in [0.25, 0.3) is 5.56 Å². The van der Waals surface area contributed by atoms with Gasteiger partial charge in [0.2, 0.25) is 0 Å². The Bertz CT molecular complexity index is 977. The fourth-order valence-electron chi connectivity index (χ4n) is 2.74. The second-order valence-electron chi connectivity index (χ2n) is 5.77. The van der Waals surface area contributed by atoms with Crippen LogP contribution >= 0.6 is 11.3 Å². The third kappa shape index (κ3) is 3.32. The Morgan fingerprint density at radius 3 is 2.68 bits per heavy atom. The Morgan fingerprint density at radius 2 is 2.00 bits per heavy atom. The molecule has 3 aromatic heterocycles. The van der Waals surface area contributed by atoms with Gasteiger partial charge in [-0.2, -0.15) is 0 Å². The lowest BCUT2D eigenvalue weighted by Gasteiger charge is -2.12. The van der Waals surface area contributed by atoms with Crippen LogP contribution in [0.15, 0.2) is 29.3 Å². The van der Waals surface area contributed by atoms with Crippen LogP contribution in [-0.4, -0.2) is 27.6 Å². The minimum Gasteiger partial charge on any atom is -0.469 e. The van der Waals surface area contributed by atoms with Gasteiger partial charge in [0.15, 0.2) is 0 Å². The summed E-state index contributed by atoms with van der Waals surface area (Å²) >= 11 is 1.53. The summed E-state index contributed by atoms with van der Waals surface area (Å²) in [4.78, 5) is 35.1. The molecule has 0 radical (unpaired) electrons. The number of aryl methyl sites for hydroxylation is 2. The number of nitrogens with zero attached hydrogens (tertiary/aromatic N) is 3. The van der Waals surface area contributed by atoms with Crippen LogP contribution in [0.1, 0.15) is 23.3 Å². The molecule has 130 valence electrons. The van der Waals surface area contributed by atoms with Gasteiger partial charge in [-0.25, -0.2) is 4.98 Å². The smallest absolute Gasteiger partial charge is 0.305 e. The van der Waals surface area contributed by atoms with Crippen LogP contribution in [0.4, 0.5) is 0 Å². The van der Waals surface area contributed by atoms with Crippen LogP contribution in [0.5, 0.6) is 0 Å². The van der Waals surface area contributed by atoms with E-state index in [4.69, 9.17) is 4.98 Å².